The molecular formula is C19H18N2O4. The third-order valence-corrected chi connectivity index (χ3v) is 3.74. The summed E-state index contributed by atoms with van der Waals surface area (Å²) < 4.78 is 16.6. The molecule has 3 rings (SSSR count). The molecule has 0 aliphatic carbocycles. The number of hydrogen-bond donors (Lipinski definition) is 1. The summed E-state index contributed by atoms with van der Waals surface area (Å²) in [6.07, 6.45) is -0.648. The molecule has 0 saturated carbocycles. The first-order valence-corrected chi connectivity index (χ1v) is 7.99. The first-order chi connectivity index (χ1) is 12.2. The first kappa shape index (κ1) is 16.7. The molecule has 0 saturated heterocycles. The van der Waals surface area contributed by atoms with E-state index in [-0.39, 0.29) is 5.91 Å². The molecule has 0 aromatic heterocycles. The van der Waals surface area contributed by atoms with E-state index in [1.54, 1.807) is 31.2 Å². The summed E-state index contributed by atoms with van der Waals surface area (Å²) in [5.74, 6) is 1.74. The highest BCUT2D eigenvalue weighted by Crippen LogP contribution is 2.30. The molecule has 1 unspecified atom stereocenters. The van der Waals surface area contributed by atoms with Gasteiger partial charge in [-0.05, 0) is 48.9 Å². The Morgan fingerprint density at radius 3 is 2.64 bits per heavy atom. The quantitative estimate of drug-likeness (QED) is 0.905. The van der Waals surface area contributed by atoms with Crippen LogP contribution in [0.3, 0.4) is 0 Å². The highest BCUT2D eigenvalue weighted by Gasteiger charge is 2.16. The molecule has 0 spiro atoms. The SMILES string of the molecule is CC(Oc1ccc(C#N)cc1)C(=O)NCc1ccc2c(c1)OCCO2. The van der Waals surface area contributed by atoms with Crippen LogP contribution in [0.2, 0.25) is 0 Å². The molecule has 1 atom stereocenters. The van der Waals surface area contributed by atoms with Crippen LogP contribution in [0, 0.1) is 11.3 Å². The third kappa shape index (κ3) is 4.21. The van der Waals surface area contributed by atoms with Gasteiger partial charge in [0.05, 0.1) is 11.6 Å². The first-order valence-electron chi connectivity index (χ1n) is 7.99. The number of fused-ring (bicyclic) bond motifs is 1. The Balaban J connectivity index is 1.53. The normalized spacial score (nSPS) is 13.4. The van der Waals surface area contributed by atoms with Gasteiger partial charge in [-0.3, -0.25) is 4.79 Å². The third-order valence-electron chi connectivity index (χ3n) is 3.74. The molecule has 2 aromatic rings. The lowest BCUT2D eigenvalue weighted by molar-refractivity contribution is -0.127. The zero-order chi connectivity index (χ0) is 17.6. The van der Waals surface area contributed by atoms with E-state index in [2.05, 4.69) is 5.32 Å². The minimum atomic E-state index is -0.648. The van der Waals surface area contributed by atoms with Gasteiger partial charge in [-0.1, -0.05) is 6.07 Å². The molecular weight excluding hydrogens is 320 g/mol. The molecule has 25 heavy (non-hydrogen) atoms. The summed E-state index contributed by atoms with van der Waals surface area (Å²) in [5, 5.41) is 11.6. The monoisotopic (exact) mass is 338 g/mol. The molecule has 6 nitrogen and oxygen atoms in total. The topological polar surface area (TPSA) is 80.6 Å². The van der Waals surface area contributed by atoms with E-state index in [1.807, 2.05) is 24.3 Å². The average molecular weight is 338 g/mol. The number of hydrogen-bond acceptors (Lipinski definition) is 5. The average Bonchev–Trinajstić information content (AvgIpc) is 2.66. The van der Waals surface area contributed by atoms with Gasteiger partial charge >= 0.3 is 0 Å². The molecule has 0 bridgehead atoms. The molecule has 1 aliphatic rings. The van der Waals surface area contributed by atoms with Crippen LogP contribution in [0.4, 0.5) is 0 Å². The maximum absolute atomic E-state index is 12.2. The van der Waals surface area contributed by atoms with Crippen LogP contribution in [0.25, 0.3) is 0 Å². The Morgan fingerprint density at radius 1 is 1.20 bits per heavy atom. The smallest absolute Gasteiger partial charge is 0.261 e. The van der Waals surface area contributed by atoms with Crippen molar-refractivity contribution in [2.45, 2.75) is 19.6 Å². The van der Waals surface area contributed by atoms with Crippen molar-refractivity contribution in [1.82, 2.24) is 5.32 Å². The minimum Gasteiger partial charge on any atom is -0.486 e. The molecule has 1 amide bonds. The highest BCUT2D eigenvalue weighted by molar-refractivity contribution is 5.80. The van der Waals surface area contributed by atoms with E-state index >= 15 is 0 Å². The Hall–Kier alpha value is -3.20. The van der Waals surface area contributed by atoms with Crippen LogP contribution >= 0.6 is 0 Å². The zero-order valence-electron chi connectivity index (χ0n) is 13.8. The van der Waals surface area contributed by atoms with Gasteiger partial charge in [-0.2, -0.15) is 5.26 Å². The summed E-state index contributed by atoms with van der Waals surface area (Å²) in [4.78, 5) is 12.2. The van der Waals surface area contributed by atoms with Crippen molar-refractivity contribution in [3.05, 3.63) is 53.6 Å². The van der Waals surface area contributed by atoms with Gasteiger partial charge in [-0.15, -0.1) is 0 Å². The maximum Gasteiger partial charge on any atom is 0.261 e. The highest BCUT2D eigenvalue weighted by atomic mass is 16.6. The summed E-state index contributed by atoms with van der Waals surface area (Å²) in [7, 11) is 0. The predicted octanol–water partition coefficient (Wildman–Crippen LogP) is 2.41. The van der Waals surface area contributed by atoms with Crippen molar-refractivity contribution in [3.63, 3.8) is 0 Å². The maximum atomic E-state index is 12.2. The lowest BCUT2D eigenvalue weighted by atomic mass is 10.2. The van der Waals surface area contributed by atoms with E-state index in [0.29, 0.717) is 36.8 Å². The molecule has 1 heterocycles. The predicted molar refractivity (Wildman–Crippen MR) is 90.5 cm³/mol. The number of carbonyl (C=O) groups excluding carboxylic acids is 1. The number of nitrogens with one attached hydrogen (secondary N) is 1. The van der Waals surface area contributed by atoms with Crippen molar-refractivity contribution in [2.24, 2.45) is 0 Å². The van der Waals surface area contributed by atoms with E-state index < -0.39 is 6.10 Å². The fourth-order valence-corrected chi connectivity index (χ4v) is 2.40. The number of amides is 1. The van der Waals surface area contributed by atoms with E-state index in [1.165, 1.54) is 0 Å². The standard InChI is InChI=1S/C19H18N2O4/c1-13(25-16-5-2-14(11-20)3-6-16)19(22)21-12-15-4-7-17-18(10-15)24-9-8-23-17/h2-7,10,13H,8-9,12H2,1H3,(H,21,22). The van der Waals surface area contributed by atoms with Gasteiger partial charge in [0.2, 0.25) is 0 Å². The molecule has 0 fully saturated rings. The van der Waals surface area contributed by atoms with Gasteiger partial charge in [-0.25, -0.2) is 0 Å². The van der Waals surface area contributed by atoms with Crippen molar-refractivity contribution in [2.75, 3.05) is 13.2 Å². The van der Waals surface area contributed by atoms with Gasteiger partial charge in [0.1, 0.15) is 19.0 Å². The lowest BCUT2D eigenvalue weighted by Crippen LogP contribution is -2.35. The van der Waals surface area contributed by atoms with Gasteiger partial charge in [0.25, 0.3) is 5.91 Å². The van der Waals surface area contributed by atoms with Gasteiger partial charge in [0.15, 0.2) is 17.6 Å². The Morgan fingerprint density at radius 2 is 1.92 bits per heavy atom. The fourth-order valence-electron chi connectivity index (χ4n) is 2.40. The molecule has 6 heteroatoms. The zero-order valence-corrected chi connectivity index (χ0v) is 13.8. The van der Waals surface area contributed by atoms with Crippen molar-refractivity contribution in [3.8, 4) is 23.3 Å². The Kier molecular flexibility index (Phi) is 5.05. The number of carbonyl (C=O) groups is 1. The van der Waals surface area contributed by atoms with Crippen LogP contribution in [0.1, 0.15) is 18.1 Å². The minimum absolute atomic E-state index is 0.223. The second-order valence-corrected chi connectivity index (χ2v) is 5.59. The van der Waals surface area contributed by atoms with Crippen molar-refractivity contribution in [1.29, 1.82) is 5.26 Å². The summed E-state index contributed by atoms with van der Waals surface area (Å²) in [6, 6.07) is 14.3. The van der Waals surface area contributed by atoms with Crippen molar-refractivity contribution >= 4 is 5.91 Å². The Labute approximate surface area is 145 Å². The molecule has 128 valence electrons. The van der Waals surface area contributed by atoms with Crippen LogP contribution < -0.4 is 19.5 Å². The van der Waals surface area contributed by atoms with Gasteiger partial charge < -0.3 is 19.5 Å². The number of rotatable bonds is 5. The molecule has 1 aliphatic heterocycles. The number of nitriles is 1. The molecule has 2 aromatic carbocycles. The summed E-state index contributed by atoms with van der Waals surface area (Å²) >= 11 is 0. The summed E-state index contributed by atoms with van der Waals surface area (Å²) in [5.41, 5.74) is 1.46. The fraction of sp³-hybridized carbons (Fsp3) is 0.263. The van der Waals surface area contributed by atoms with Crippen LogP contribution in [0.5, 0.6) is 17.2 Å². The van der Waals surface area contributed by atoms with Crippen LogP contribution in [0.15, 0.2) is 42.5 Å². The Bertz CT molecular complexity index is 796. The number of ether oxygens (including phenoxy) is 3. The van der Waals surface area contributed by atoms with Crippen LogP contribution in [-0.4, -0.2) is 25.2 Å². The molecule has 0 radical (unpaired) electrons. The van der Waals surface area contributed by atoms with E-state index in [0.717, 1.165) is 11.3 Å². The summed E-state index contributed by atoms with van der Waals surface area (Å²) in [6.45, 7) is 3.12. The van der Waals surface area contributed by atoms with E-state index in [9.17, 15) is 4.79 Å². The van der Waals surface area contributed by atoms with Crippen molar-refractivity contribution < 1.29 is 19.0 Å². The molecule has 1 N–H and O–H groups in total. The lowest BCUT2D eigenvalue weighted by Gasteiger charge is -2.19. The number of benzene rings is 2. The second kappa shape index (κ2) is 7.58. The van der Waals surface area contributed by atoms with Gasteiger partial charge in [0, 0.05) is 6.54 Å². The largest absolute Gasteiger partial charge is 0.486 e. The second-order valence-electron chi connectivity index (χ2n) is 5.59. The van der Waals surface area contributed by atoms with E-state index in [4.69, 9.17) is 19.5 Å². The van der Waals surface area contributed by atoms with Crippen LogP contribution in [-0.2, 0) is 11.3 Å². The number of nitrogens with zero attached hydrogens (tertiary/aromatic N) is 1.